The molecule has 0 spiro atoms. The van der Waals surface area contributed by atoms with Gasteiger partial charge in [0.2, 0.25) is 0 Å². The van der Waals surface area contributed by atoms with Crippen LogP contribution in [0, 0.1) is 12.7 Å². The van der Waals surface area contributed by atoms with Gasteiger partial charge in [0.15, 0.2) is 13.2 Å². The zero-order valence-electron chi connectivity index (χ0n) is 12.8. The minimum atomic E-state index is -0.720. The molecule has 24 heavy (non-hydrogen) atoms. The van der Waals surface area contributed by atoms with Gasteiger partial charge in [0.1, 0.15) is 11.6 Å². The standard InChI is InChI=1S/C17H15BrFNO4/c1-11-7-12(18)5-6-15(11)20-16(21)9-24-17(22)10-23-14-4-2-3-13(19)8-14/h2-8H,9-10H2,1H3,(H,20,21). The van der Waals surface area contributed by atoms with E-state index in [2.05, 4.69) is 21.2 Å². The van der Waals surface area contributed by atoms with Crippen LogP contribution >= 0.6 is 15.9 Å². The number of esters is 1. The number of amides is 1. The molecule has 2 aromatic carbocycles. The molecule has 0 saturated carbocycles. The van der Waals surface area contributed by atoms with Gasteiger partial charge in [0.05, 0.1) is 0 Å². The van der Waals surface area contributed by atoms with Crippen LogP contribution in [0.3, 0.4) is 0 Å². The second kappa shape index (κ2) is 8.44. The third-order valence-electron chi connectivity index (χ3n) is 2.98. The molecular weight excluding hydrogens is 381 g/mol. The van der Waals surface area contributed by atoms with Crippen molar-refractivity contribution in [2.45, 2.75) is 6.92 Å². The molecule has 1 amide bonds. The Kier molecular flexibility index (Phi) is 6.31. The summed E-state index contributed by atoms with van der Waals surface area (Å²) < 4.78 is 23.8. The van der Waals surface area contributed by atoms with Crippen molar-refractivity contribution in [1.82, 2.24) is 0 Å². The first-order valence-corrected chi connectivity index (χ1v) is 7.83. The highest BCUT2D eigenvalue weighted by molar-refractivity contribution is 9.10. The molecule has 0 aliphatic rings. The van der Waals surface area contributed by atoms with Crippen molar-refractivity contribution in [3.8, 4) is 5.75 Å². The summed E-state index contributed by atoms with van der Waals surface area (Å²) in [6.45, 7) is 1.01. The molecule has 2 rings (SSSR count). The van der Waals surface area contributed by atoms with Crippen LogP contribution in [0.25, 0.3) is 0 Å². The van der Waals surface area contributed by atoms with E-state index in [1.807, 2.05) is 13.0 Å². The topological polar surface area (TPSA) is 64.6 Å². The second-order valence-electron chi connectivity index (χ2n) is 4.91. The van der Waals surface area contributed by atoms with Crippen LogP contribution in [-0.4, -0.2) is 25.1 Å². The van der Waals surface area contributed by atoms with E-state index >= 15 is 0 Å². The lowest BCUT2D eigenvalue weighted by molar-refractivity contribution is -0.149. The molecule has 0 aromatic heterocycles. The van der Waals surface area contributed by atoms with E-state index in [0.29, 0.717) is 5.69 Å². The number of nitrogens with one attached hydrogen (secondary N) is 1. The predicted molar refractivity (Wildman–Crippen MR) is 90.4 cm³/mol. The highest BCUT2D eigenvalue weighted by Gasteiger charge is 2.10. The Morgan fingerprint density at radius 1 is 1.17 bits per heavy atom. The Morgan fingerprint density at radius 2 is 1.96 bits per heavy atom. The SMILES string of the molecule is Cc1cc(Br)ccc1NC(=O)COC(=O)COc1cccc(F)c1. The first-order valence-electron chi connectivity index (χ1n) is 7.04. The Labute approximate surface area is 146 Å². The van der Waals surface area contributed by atoms with Gasteiger partial charge in [-0.25, -0.2) is 9.18 Å². The van der Waals surface area contributed by atoms with E-state index in [-0.39, 0.29) is 5.75 Å². The monoisotopic (exact) mass is 395 g/mol. The van der Waals surface area contributed by atoms with Crippen LogP contribution in [-0.2, 0) is 14.3 Å². The molecule has 0 fully saturated rings. The summed E-state index contributed by atoms with van der Waals surface area (Å²) in [6.07, 6.45) is 0. The average Bonchev–Trinajstić information content (AvgIpc) is 2.54. The maximum absolute atomic E-state index is 13.0. The largest absolute Gasteiger partial charge is 0.482 e. The highest BCUT2D eigenvalue weighted by Crippen LogP contribution is 2.19. The van der Waals surface area contributed by atoms with Crippen molar-refractivity contribution in [3.63, 3.8) is 0 Å². The summed E-state index contributed by atoms with van der Waals surface area (Å²) in [5.41, 5.74) is 1.51. The number of carbonyl (C=O) groups excluding carboxylic acids is 2. The molecule has 0 unspecified atom stereocenters. The molecule has 7 heteroatoms. The molecule has 0 saturated heterocycles. The molecule has 0 bridgehead atoms. The third kappa shape index (κ3) is 5.66. The second-order valence-corrected chi connectivity index (χ2v) is 5.83. The number of halogens is 2. The molecule has 0 radical (unpaired) electrons. The molecule has 1 N–H and O–H groups in total. The summed E-state index contributed by atoms with van der Waals surface area (Å²) >= 11 is 3.33. The van der Waals surface area contributed by atoms with Gasteiger partial charge in [-0.2, -0.15) is 0 Å². The molecule has 0 aliphatic heterocycles. The Hall–Kier alpha value is -2.41. The van der Waals surface area contributed by atoms with Crippen molar-refractivity contribution in [1.29, 1.82) is 0 Å². The predicted octanol–water partition coefficient (Wildman–Crippen LogP) is 3.46. The summed E-state index contributed by atoms with van der Waals surface area (Å²) in [7, 11) is 0. The summed E-state index contributed by atoms with van der Waals surface area (Å²) in [4.78, 5) is 23.3. The van der Waals surface area contributed by atoms with Crippen LogP contribution in [0.15, 0.2) is 46.9 Å². The maximum Gasteiger partial charge on any atom is 0.344 e. The molecular formula is C17H15BrFNO4. The number of carbonyl (C=O) groups is 2. The van der Waals surface area contributed by atoms with Crippen LogP contribution < -0.4 is 10.1 Å². The Bertz CT molecular complexity index is 751. The molecule has 0 heterocycles. The minimum absolute atomic E-state index is 0.210. The first kappa shape index (κ1) is 17.9. The summed E-state index contributed by atoms with van der Waals surface area (Å²) in [5, 5.41) is 2.65. The van der Waals surface area contributed by atoms with E-state index in [4.69, 9.17) is 9.47 Å². The number of hydrogen-bond acceptors (Lipinski definition) is 4. The van der Waals surface area contributed by atoms with Crippen LogP contribution in [0.2, 0.25) is 0 Å². The minimum Gasteiger partial charge on any atom is -0.482 e. The number of anilines is 1. The number of aryl methyl sites for hydroxylation is 1. The van der Waals surface area contributed by atoms with Crippen molar-refractivity contribution < 1.29 is 23.5 Å². The van der Waals surface area contributed by atoms with Crippen molar-refractivity contribution in [2.75, 3.05) is 18.5 Å². The van der Waals surface area contributed by atoms with Gasteiger partial charge in [-0.1, -0.05) is 22.0 Å². The van der Waals surface area contributed by atoms with Gasteiger partial charge in [0.25, 0.3) is 5.91 Å². The molecule has 0 aliphatic carbocycles. The highest BCUT2D eigenvalue weighted by atomic mass is 79.9. The molecule has 5 nitrogen and oxygen atoms in total. The number of ether oxygens (including phenoxy) is 2. The fourth-order valence-electron chi connectivity index (χ4n) is 1.84. The first-order chi connectivity index (χ1) is 11.4. The van der Waals surface area contributed by atoms with Gasteiger partial charge in [-0.05, 0) is 42.8 Å². The number of rotatable bonds is 6. The summed E-state index contributed by atoms with van der Waals surface area (Å²) in [6, 6.07) is 10.8. The van der Waals surface area contributed by atoms with Crippen LogP contribution in [0.4, 0.5) is 10.1 Å². The smallest absolute Gasteiger partial charge is 0.344 e. The maximum atomic E-state index is 13.0. The molecule has 126 valence electrons. The van der Waals surface area contributed by atoms with Gasteiger partial charge in [-0.15, -0.1) is 0 Å². The zero-order valence-corrected chi connectivity index (χ0v) is 14.4. The normalized spacial score (nSPS) is 10.1. The van der Waals surface area contributed by atoms with E-state index < -0.39 is 30.9 Å². The Balaban J connectivity index is 1.75. The van der Waals surface area contributed by atoms with Gasteiger partial charge in [0, 0.05) is 16.2 Å². The number of benzene rings is 2. The van der Waals surface area contributed by atoms with Crippen molar-refractivity contribution in [2.24, 2.45) is 0 Å². The van der Waals surface area contributed by atoms with E-state index in [0.717, 1.165) is 16.1 Å². The summed E-state index contributed by atoms with van der Waals surface area (Å²) in [5.74, 6) is -1.44. The lowest BCUT2D eigenvalue weighted by Gasteiger charge is -2.10. The van der Waals surface area contributed by atoms with Crippen molar-refractivity contribution >= 4 is 33.5 Å². The van der Waals surface area contributed by atoms with E-state index in [1.54, 1.807) is 12.1 Å². The lowest BCUT2D eigenvalue weighted by atomic mass is 10.2. The average molecular weight is 396 g/mol. The molecule has 0 atom stereocenters. The zero-order chi connectivity index (χ0) is 17.5. The van der Waals surface area contributed by atoms with Crippen molar-refractivity contribution in [3.05, 3.63) is 58.3 Å². The third-order valence-corrected chi connectivity index (χ3v) is 3.47. The van der Waals surface area contributed by atoms with Gasteiger partial charge >= 0.3 is 5.97 Å². The van der Waals surface area contributed by atoms with Crippen LogP contribution in [0.1, 0.15) is 5.56 Å². The fourth-order valence-corrected chi connectivity index (χ4v) is 2.32. The van der Waals surface area contributed by atoms with Gasteiger partial charge < -0.3 is 14.8 Å². The van der Waals surface area contributed by atoms with E-state index in [9.17, 15) is 14.0 Å². The van der Waals surface area contributed by atoms with Crippen LogP contribution in [0.5, 0.6) is 5.75 Å². The molecule has 2 aromatic rings. The number of hydrogen-bond donors (Lipinski definition) is 1. The van der Waals surface area contributed by atoms with Gasteiger partial charge in [-0.3, -0.25) is 4.79 Å². The lowest BCUT2D eigenvalue weighted by Crippen LogP contribution is -2.24. The van der Waals surface area contributed by atoms with E-state index in [1.165, 1.54) is 18.2 Å². The quantitative estimate of drug-likeness (QED) is 0.760. The Morgan fingerprint density at radius 3 is 2.67 bits per heavy atom. The fraction of sp³-hybridized carbons (Fsp3) is 0.176.